The number of aryl methyl sites for hydroxylation is 1. The summed E-state index contributed by atoms with van der Waals surface area (Å²) in [6.45, 7) is 0. The molecule has 3 heteroatoms. The van der Waals surface area contributed by atoms with Crippen LogP contribution in [0.1, 0.15) is 69.8 Å². The van der Waals surface area contributed by atoms with Crippen molar-refractivity contribution in [2.24, 2.45) is 11.8 Å². The number of allylic oxidation sites excluding steroid dienone is 2. The van der Waals surface area contributed by atoms with E-state index in [0.29, 0.717) is 0 Å². The lowest BCUT2D eigenvalue weighted by atomic mass is 9.87. The van der Waals surface area contributed by atoms with Crippen LogP contribution in [0.2, 0.25) is 0 Å². The second kappa shape index (κ2) is 11.9. The predicted octanol–water partition coefficient (Wildman–Crippen LogP) is 5.38. The molecular formula is C23H34O3. The first-order chi connectivity index (χ1) is 12.6. The van der Waals surface area contributed by atoms with Crippen molar-refractivity contribution in [2.45, 2.75) is 76.7 Å². The number of rotatable bonds is 12. The Morgan fingerprint density at radius 2 is 1.88 bits per heavy atom. The average Bonchev–Trinajstić information content (AvgIpc) is 3.09. The molecule has 1 aliphatic rings. The monoisotopic (exact) mass is 358 g/mol. The third-order valence-electron chi connectivity index (χ3n) is 5.66. The molecule has 0 radical (unpaired) electrons. The molecule has 0 saturated heterocycles. The van der Waals surface area contributed by atoms with E-state index in [1.165, 1.54) is 24.8 Å². The van der Waals surface area contributed by atoms with E-state index in [1.54, 1.807) is 0 Å². The van der Waals surface area contributed by atoms with Crippen LogP contribution in [-0.4, -0.2) is 22.3 Å². The Morgan fingerprint density at radius 3 is 2.65 bits per heavy atom. The zero-order chi connectivity index (χ0) is 18.6. The second-order valence-corrected chi connectivity index (χ2v) is 7.70. The predicted molar refractivity (Wildman–Crippen MR) is 106 cm³/mol. The van der Waals surface area contributed by atoms with Gasteiger partial charge < -0.3 is 10.2 Å². The molecule has 0 spiro atoms. The third-order valence-corrected chi connectivity index (χ3v) is 5.66. The molecule has 0 bridgehead atoms. The van der Waals surface area contributed by atoms with Crippen LogP contribution < -0.4 is 0 Å². The summed E-state index contributed by atoms with van der Waals surface area (Å²) in [6, 6.07) is 10.4. The van der Waals surface area contributed by atoms with Gasteiger partial charge in [-0.15, -0.1) is 0 Å². The highest BCUT2D eigenvalue weighted by Gasteiger charge is 2.26. The molecule has 3 nitrogen and oxygen atoms in total. The maximum absolute atomic E-state index is 10.5. The lowest BCUT2D eigenvalue weighted by Crippen LogP contribution is -2.13. The second-order valence-electron chi connectivity index (χ2n) is 7.70. The van der Waals surface area contributed by atoms with Gasteiger partial charge in [0.1, 0.15) is 0 Å². The molecule has 0 unspecified atom stereocenters. The van der Waals surface area contributed by atoms with Gasteiger partial charge in [0.25, 0.3) is 0 Å². The molecule has 1 aromatic carbocycles. The van der Waals surface area contributed by atoms with Gasteiger partial charge >= 0.3 is 5.97 Å². The van der Waals surface area contributed by atoms with Crippen LogP contribution in [0.25, 0.3) is 0 Å². The summed E-state index contributed by atoms with van der Waals surface area (Å²) in [5.41, 5.74) is 1.30. The summed E-state index contributed by atoms with van der Waals surface area (Å²) in [4.78, 5) is 10.5. The number of aliphatic carboxylic acids is 1. The van der Waals surface area contributed by atoms with Crippen molar-refractivity contribution in [1.29, 1.82) is 0 Å². The van der Waals surface area contributed by atoms with Crippen molar-refractivity contribution in [1.82, 2.24) is 0 Å². The number of aliphatic hydroxyl groups is 1. The molecular weight excluding hydrogens is 324 g/mol. The van der Waals surface area contributed by atoms with Gasteiger partial charge in [-0.05, 0) is 68.8 Å². The van der Waals surface area contributed by atoms with E-state index >= 15 is 0 Å². The van der Waals surface area contributed by atoms with E-state index in [0.717, 1.165) is 56.8 Å². The highest BCUT2D eigenvalue weighted by atomic mass is 16.4. The first-order valence-electron chi connectivity index (χ1n) is 10.2. The van der Waals surface area contributed by atoms with Crippen molar-refractivity contribution in [3.63, 3.8) is 0 Å². The van der Waals surface area contributed by atoms with Crippen LogP contribution in [0.4, 0.5) is 0 Å². The normalized spacial score (nSPS) is 21.3. The molecule has 0 aliphatic heterocycles. The summed E-state index contributed by atoms with van der Waals surface area (Å²) >= 11 is 0. The van der Waals surface area contributed by atoms with Gasteiger partial charge in [0.05, 0.1) is 6.10 Å². The van der Waals surface area contributed by atoms with Crippen molar-refractivity contribution in [3.05, 3.63) is 48.0 Å². The summed E-state index contributed by atoms with van der Waals surface area (Å²) in [7, 11) is 0. The summed E-state index contributed by atoms with van der Waals surface area (Å²) in [6.07, 6.45) is 14.9. The van der Waals surface area contributed by atoms with E-state index in [2.05, 4.69) is 36.4 Å². The zero-order valence-corrected chi connectivity index (χ0v) is 15.9. The molecule has 144 valence electrons. The molecule has 1 fully saturated rings. The number of hydrogen-bond donors (Lipinski definition) is 2. The fraction of sp³-hybridized carbons (Fsp3) is 0.609. The van der Waals surface area contributed by atoms with Crippen LogP contribution in [-0.2, 0) is 11.2 Å². The number of benzene rings is 1. The fourth-order valence-corrected chi connectivity index (χ4v) is 4.09. The zero-order valence-electron chi connectivity index (χ0n) is 15.9. The van der Waals surface area contributed by atoms with Crippen molar-refractivity contribution in [2.75, 3.05) is 0 Å². The number of carboxylic acid groups (broad SMARTS) is 1. The highest BCUT2D eigenvalue weighted by molar-refractivity contribution is 5.66. The van der Waals surface area contributed by atoms with Crippen LogP contribution in [0.3, 0.4) is 0 Å². The maximum atomic E-state index is 10.5. The van der Waals surface area contributed by atoms with Crippen molar-refractivity contribution < 1.29 is 15.0 Å². The quantitative estimate of drug-likeness (QED) is 0.390. The van der Waals surface area contributed by atoms with E-state index in [4.69, 9.17) is 5.11 Å². The molecule has 0 amide bonds. The number of unbranched alkanes of at least 4 members (excludes halogenated alkanes) is 1. The van der Waals surface area contributed by atoms with Gasteiger partial charge in [0.15, 0.2) is 0 Å². The Morgan fingerprint density at radius 1 is 1.12 bits per heavy atom. The summed E-state index contributed by atoms with van der Waals surface area (Å²) in [5.74, 6) is 0.775. The van der Waals surface area contributed by atoms with E-state index < -0.39 is 5.97 Å². The number of hydrogen-bond acceptors (Lipinski definition) is 2. The number of carbonyl (C=O) groups is 1. The summed E-state index contributed by atoms with van der Waals surface area (Å²) in [5, 5.41) is 19.0. The van der Waals surface area contributed by atoms with E-state index in [1.807, 2.05) is 6.07 Å². The van der Waals surface area contributed by atoms with Gasteiger partial charge in [-0.25, -0.2) is 0 Å². The first-order valence-corrected chi connectivity index (χ1v) is 10.2. The Labute approximate surface area is 158 Å². The van der Waals surface area contributed by atoms with Gasteiger partial charge in [0, 0.05) is 6.42 Å². The SMILES string of the molecule is O=C(O)CCC/C=C\C[C@H]1CCC[C@@H]1CC[C@@H](O)CCc1ccccc1. The average molecular weight is 359 g/mol. The van der Waals surface area contributed by atoms with Crippen LogP contribution in [0, 0.1) is 11.8 Å². The lowest BCUT2D eigenvalue weighted by Gasteiger charge is -2.20. The van der Waals surface area contributed by atoms with Gasteiger partial charge in [-0.2, -0.15) is 0 Å². The molecule has 0 aromatic heterocycles. The van der Waals surface area contributed by atoms with Crippen LogP contribution in [0.15, 0.2) is 42.5 Å². The third kappa shape index (κ3) is 8.18. The number of aliphatic hydroxyl groups excluding tert-OH is 1. The molecule has 1 aliphatic carbocycles. The Balaban J connectivity index is 1.61. The van der Waals surface area contributed by atoms with Crippen LogP contribution in [0.5, 0.6) is 0 Å². The van der Waals surface area contributed by atoms with Gasteiger partial charge in [0.2, 0.25) is 0 Å². The lowest BCUT2D eigenvalue weighted by molar-refractivity contribution is -0.137. The Kier molecular flexibility index (Phi) is 9.47. The molecule has 0 heterocycles. The largest absolute Gasteiger partial charge is 0.481 e. The molecule has 2 rings (SSSR count). The van der Waals surface area contributed by atoms with Crippen LogP contribution >= 0.6 is 0 Å². The maximum Gasteiger partial charge on any atom is 0.303 e. The minimum absolute atomic E-state index is 0.192. The summed E-state index contributed by atoms with van der Waals surface area (Å²) < 4.78 is 0. The van der Waals surface area contributed by atoms with E-state index in [-0.39, 0.29) is 12.5 Å². The Bertz CT molecular complexity index is 538. The Hall–Kier alpha value is -1.61. The van der Waals surface area contributed by atoms with Crippen molar-refractivity contribution in [3.8, 4) is 0 Å². The van der Waals surface area contributed by atoms with E-state index in [9.17, 15) is 9.90 Å². The minimum Gasteiger partial charge on any atom is -0.481 e. The molecule has 1 aromatic rings. The van der Waals surface area contributed by atoms with Gasteiger partial charge in [-0.1, -0.05) is 55.3 Å². The molecule has 2 N–H and O–H groups in total. The fourth-order valence-electron chi connectivity index (χ4n) is 4.09. The first kappa shape index (κ1) is 20.7. The number of carboxylic acids is 1. The topological polar surface area (TPSA) is 57.5 Å². The molecule has 3 atom stereocenters. The van der Waals surface area contributed by atoms with Crippen molar-refractivity contribution >= 4 is 5.97 Å². The smallest absolute Gasteiger partial charge is 0.303 e. The highest BCUT2D eigenvalue weighted by Crippen LogP contribution is 2.37. The minimum atomic E-state index is -0.708. The molecule has 1 saturated carbocycles. The molecule has 26 heavy (non-hydrogen) atoms. The van der Waals surface area contributed by atoms with Gasteiger partial charge in [-0.3, -0.25) is 4.79 Å². The standard InChI is InChI=1S/C23H34O3/c24-22(17-15-19-9-4-3-5-10-19)18-16-21-13-8-12-20(21)11-6-1-2-7-14-23(25)26/h1,3-6,9-10,20-22,24H,2,7-8,11-18H2,(H,25,26)/b6-1-/t20-,21+,22-/m0/s1.